The van der Waals surface area contributed by atoms with Crippen LogP contribution in [-0.4, -0.2) is 19.8 Å². The van der Waals surface area contributed by atoms with Gasteiger partial charge in [0.05, 0.1) is 19.8 Å². The molecule has 92 valence electrons. The van der Waals surface area contributed by atoms with Crippen LogP contribution in [0.3, 0.4) is 0 Å². The zero-order valence-corrected chi connectivity index (χ0v) is 10.9. The molecule has 0 saturated heterocycles. The Kier molecular flexibility index (Phi) is 9.41. The van der Waals surface area contributed by atoms with E-state index in [9.17, 15) is 4.57 Å². The number of phosphoric acid groups is 1. The second-order valence-electron chi connectivity index (χ2n) is 3.18. The topological polar surface area (TPSA) is 44.8 Å². The SMILES string of the molecule is CCCCCCOP(=O)(OCC)OCC. The zero-order valence-electron chi connectivity index (χ0n) is 10.0. The molecule has 4 nitrogen and oxygen atoms in total. The molecule has 0 rings (SSSR count). The molecule has 0 bridgehead atoms. The van der Waals surface area contributed by atoms with Crippen LogP contribution in [0.15, 0.2) is 0 Å². The Hall–Kier alpha value is 0.110. The predicted molar refractivity (Wildman–Crippen MR) is 61.0 cm³/mol. The van der Waals surface area contributed by atoms with E-state index in [1.807, 2.05) is 0 Å². The fourth-order valence-corrected chi connectivity index (χ4v) is 2.34. The third kappa shape index (κ3) is 7.97. The van der Waals surface area contributed by atoms with Crippen molar-refractivity contribution in [1.29, 1.82) is 0 Å². The number of hydrogen-bond donors (Lipinski definition) is 0. The van der Waals surface area contributed by atoms with Gasteiger partial charge in [-0.05, 0) is 20.3 Å². The average molecular weight is 238 g/mol. The van der Waals surface area contributed by atoms with Crippen LogP contribution >= 0.6 is 7.82 Å². The summed E-state index contributed by atoms with van der Waals surface area (Å²) in [5, 5.41) is 0. The van der Waals surface area contributed by atoms with Crippen LogP contribution in [0.25, 0.3) is 0 Å². The summed E-state index contributed by atoms with van der Waals surface area (Å²) in [7, 11) is -3.27. The first-order valence-electron chi connectivity index (χ1n) is 5.72. The van der Waals surface area contributed by atoms with Gasteiger partial charge in [-0.2, -0.15) is 0 Å². The lowest BCUT2D eigenvalue weighted by Crippen LogP contribution is -2.01. The second-order valence-corrected chi connectivity index (χ2v) is 4.85. The Morgan fingerprint density at radius 3 is 1.93 bits per heavy atom. The van der Waals surface area contributed by atoms with Gasteiger partial charge < -0.3 is 0 Å². The summed E-state index contributed by atoms with van der Waals surface area (Å²) in [4.78, 5) is 0. The Labute approximate surface area is 92.9 Å². The van der Waals surface area contributed by atoms with E-state index in [4.69, 9.17) is 13.6 Å². The van der Waals surface area contributed by atoms with Crippen molar-refractivity contribution >= 4 is 7.82 Å². The van der Waals surface area contributed by atoms with Gasteiger partial charge in [-0.25, -0.2) is 4.57 Å². The normalized spacial score (nSPS) is 11.9. The Balaban J connectivity index is 3.71. The summed E-state index contributed by atoms with van der Waals surface area (Å²) in [6.07, 6.45) is 4.35. The van der Waals surface area contributed by atoms with Crippen molar-refractivity contribution < 1.29 is 18.1 Å². The molecule has 15 heavy (non-hydrogen) atoms. The summed E-state index contributed by atoms with van der Waals surface area (Å²) in [6.45, 7) is 6.81. The molecule has 0 N–H and O–H groups in total. The van der Waals surface area contributed by atoms with Crippen molar-refractivity contribution in [2.45, 2.75) is 46.5 Å². The molecule has 0 unspecified atom stereocenters. The standard InChI is InChI=1S/C10H23O4P/c1-4-7-8-9-10-14-15(11,12-5-2)13-6-3/h4-10H2,1-3H3. The van der Waals surface area contributed by atoms with Crippen molar-refractivity contribution in [3.63, 3.8) is 0 Å². The van der Waals surface area contributed by atoms with Gasteiger partial charge in [0.15, 0.2) is 0 Å². The highest BCUT2D eigenvalue weighted by Crippen LogP contribution is 2.49. The monoisotopic (exact) mass is 238 g/mol. The Morgan fingerprint density at radius 1 is 0.867 bits per heavy atom. The molecule has 0 fully saturated rings. The van der Waals surface area contributed by atoms with Crippen molar-refractivity contribution in [2.24, 2.45) is 0 Å². The first-order chi connectivity index (χ1) is 7.18. The van der Waals surface area contributed by atoms with Crippen LogP contribution in [0.5, 0.6) is 0 Å². The summed E-state index contributed by atoms with van der Waals surface area (Å²) >= 11 is 0. The summed E-state index contributed by atoms with van der Waals surface area (Å²) < 4.78 is 26.9. The van der Waals surface area contributed by atoms with Crippen molar-refractivity contribution in [3.05, 3.63) is 0 Å². The van der Waals surface area contributed by atoms with Gasteiger partial charge in [0.2, 0.25) is 0 Å². The van der Waals surface area contributed by atoms with E-state index >= 15 is 0 Å². The molecule has 0 aromatic rings. The molecule has 0 amide bonds. The quantitative estimate of drug-likeness (QED) is 0.429. The largest absolute Gasteiger partial charge is 0.474 e. The smallest absolute Gasteiger partial charge is 0.287 e. The molecule has 0 atom stereocenters. The Bertz CT molecular complexity index is 174. The van der Waals surface area contributed by atoms with Crippen LogP contribution in [0.2, 0.25) is 0 Å². The lowest BCUT2D eigenvalue weighted by Gasteiger charge is -2.16. The van der Waals surface area contributed by atoms with Gasteiger partial charge in [0, 0.05) is 0 Å². The summed E-state index contributed by atoms with van der Waals surface area (Å²) in [6, 6.07) is 0. The summed E-state index contributed by atoms with van der Waals surface area (Å²) in [5.41, 5.74) is 0. The molecule has 0 aliphatic carbocycles. The first kappa shape index (κ1) is 15.1. The fraction of sp³-hybridized carbons (Fsp3) is 1.00. The minimum absolute atomic E-state index is 0.340. The maximum Gasteiger partial charge on any atom is 0.474 e. The van der Waals surface area contributed by atoms with Crippen LogP contribution in [0.1, 0.15) is 46.5 Å². The van der Waals surface area contributed by atoms with E-state index in [1.165, 1.54) is 12.8 Å². The fourth-order valence-electron chi connectivity index (χ4n) is 1.13. The second kappa shape index (κ2) is 9.34. The molecular weight excluding hydrogens is 215 g/mol. The number of hydrogen-bond acceptors (Lipinski definition) is 4. The molecule has 5 heteroatoms. The molecule has 0 aromatic heterocycles. The van der Waals surface area contributed by atoms with Crippen LogP contribution in [0, 0.1) is 0 Å². The highest BCUT2D eigenvalue weighted by Gasteiger charge is 2.24. The molecular formula is C10H23O4P. The van der Waals surface area contributed by atoms with Gasteiger partial charge >= 0.3 is 7.82 Å². The van der Waals surface area contributed by atoms with E-state index in [-0.39, 0.29) is 0 Å². The number of phosphoric ester groups is 1. The van der Waals surface area contributed by atoms with Crippen molar-refractivity contribution in [1.82, 2.24) is 0 Å². The van der Waals surface area contributed by atoms with Crippen LogP contribution in [-0.2, 0) is 18.1 Å². The van der Waals surface area contributed by atoms with Crippen LogP contribution in [0.4, 0.5) is 0 Å². The average Bonchev–Trinajstić information content (AvgIpc) is 2.18. The van der Waals surface area contributed by atoms with Crippen molar-refractivity contribution in [2.75, 3.05) is 19.8 Å². The first-order valence-corrected chi connectivity index (χ1v) is 7.18. The molecule has 0 spiro atoms. The van der Waals surface area contributed by atoms with Gasteiger partial charge in [0.1, 0.15) is 0 Å². The van der Waals surface area contributed by atoms with Gasteiger partial charge in [-0.1, -0.05) is 26.2 Å². The van der Waals surface area contributed by atoms with E-state index in [0.29, 0.717) is 19.8 Å². The third-order valence-electron chi connectivity index (χ3n) is 1.82. The van der Waals surface area contributed by atoms with E-state index in [2.05, 4.69) is 6.92 Å². The van der Waals surface area contributed by atoms with Crippen molar-refractivity contribution in [3.8, 4) is 0 Å². The van der Waals surface area contributed by atoms with E-state index < -0.39 is 7.82 Å². The minimum Gasteiger partial charge on any atom is -0.287 e. The number of rotatable bonds is 10. The molecule has 0 aliphatic rings. The zero-order chi connectivity index (χ0) is 11.6. The Morgan fingerprint density at radius 2 is 1.47 bits per heavy atom. The molecule has 0 heterocycles. The predicted octanol–water partition coefficient (Wildman–Crippen LogP) is 3.76. The molecule has 0 radical (unpaired) electrons. The van der Waals surface area contributed by atoms with Crippen LogP contribution < -0.4 is 0 Å². The maximum atomic E-state index is 11.8. The minimum atomic E-state index is -3.27. The van der Waals surface area contributed by atoms with Gasteiger partial charge in [0.25, 0.3) is 0 Å². The van der Waals surface area contributed by atoms with E-state index in [1.54, 1.807) is 13.8 Å². The highest BCUT2D eigenvalue weighted by atomic mass is 31.2. The highest BCUT2D eigenvalue weighted by molar-refractivity contribution is 7.48. The van der Waals surface area contributed by atoms with Gasteiger partial charge in [-0.3, -0.25) is 13.6 Å². The number of unbranched alkanes of at least 4 members (excludes halogenated alkanes) is 3. The molecule has 0 aliphatic heterocycles. The lowest BCUT2D eigenvalue weighted by molar-refractivity contribution is 0.120. The maximum absolute atomic E-state index is 11.8. The lowest BCUT2D eigenvalue weighted by atomic mass is 10.2. The third-order valence-corrected chi connectivity index (χ3v) is 3.47. The summed E-state index contributed by atoms with van der Waals surface area (Å²) in [5.74, 6) is 0. The van der Waals surface area contributed by atoms with Gasteiger partial charge in [-0.15, -0.1) is 0 Å². The molecule has 0 aromatic carbocycles. The molecule has 0 saturated carbocycles. The van der Waals surface area contributed by atoms with E-state index in [0.717, 1.165) is 12.8 Å².